The van der Waals surface area contributed by atoms with Crippen molar-refractivity contribution in [2.24, 2.45) is 0 Å². The van der Waals surface area contributed by atoms with Crippen LogP contribution in [0.4, 0.5) is 0 Å². The highest BCUT2D eigenvalue weighted by Gasteiger charge is 2.04. The minimum Gasteiger partial charge on any atom is -0.462 e. The highest BCUT2D eigenvalue weighted by Crippen LogP contribution is 2.02. The lowest BCUT2D eigenvalue weighted by atomic mass is 10.2. The minimum absolute atomic E-state index is 0.241. The summed E-state index contributed by atoms with van der Waals surface area (Å²) in [5, 5.41) is 0. The summed E-state index contributed by atoms with van der Waals surface area (Å²) in [6.07, 6.45) is 4.76. The maximum Gasteiger partial charge on any atom is 0.338 e. The van der Waals surface area contributed by atoms with E-state index >= 15 is 0 Å². The van der Waals surface area contributed by atoms with Gasteiger partial charge in [0.2, 0.25) is 0 Å². The second kappa shape index (κ2) is 6.82. The van der Waals surface area contributed by atoms with Gasteiger partial charge in [-0.2, -0.15) is 0 Å². The predicted octanol–water partition coefficient (Wildman–Crippen LogP) is 3.20. The second-order valence-corrected chi connectivity index (χ2v) is 3.29. The number of carbonyl (C=O) groups excluding carboxylic acids is 1. The van der Waals surface area contributed by atoms with Gasteiger partial charge < -0.3 is 4.74 Å². The molecule has 0 radical (unpaired) electrons. The number of hydrogen-bond donors (Lipinski definition) is 0. The van der Waals surface area contributed by atoms with Crippen LogP contribution in [0.25, 0.3) is 0 Å². The average molecular weight is 204 g/mol. The highest BCUT2D eigenvalue weighted by molar-refractivity contribution is 5.89. The standard InChI is InChI=1S/C13H16O2/c1-2-3-4-8-11-15-13(14)12-9-6-5-7-10-12/h2,5-7,9-10H,1,3-4,8,11H2. The van der Waals surface area contributed by atoms with Gasteiger partial charge in [-0.25, -0.2) is 4.79 Å². The van der Waals surface area contributed by atoms with Crippen molar-refractivity contribution in [2.45, 2.75) is 19.3 Å². The summed E-state index contributed by atoms with van der Waals surface area (Å²) in [6, 6.07) is 9.04. The molecule has 15 heavy (non-hydrogen) atoms. The van der Waals surface area contributed by atoms with Gasteiger partial charge in [-0.15, -0.1) is 6.58 Å². The molecule has 80 valence electrons. The molecule has 1 rings (SSSR count). The molecule has 0 atom stereocenters. The Morgan fingerprint density at radius 1 is 1.27 bits per heavy atom. The van der Waals surface area contributed by atoms with Crippen molar-refractivity contribution in [1.82, 2.24) is 0 Å². The fourth-order valence-corrected chi connectivity index (χ4v) is 1.21. The van der Waals surface area contributed by atoms with E-state index in [1.165, 1.54) is 0 Å². The molecule has 0 saturated heterocycles. The first-order valence-corrected chi connectivity index (χ1v) is 5.17. The van der Waals surface area contributed by atoms with Gasteiger partial charge in [-0.05, 0) is 31.4 Å². The topological polar surface area (TPSA) is 26.3 Å². The van der Waals surface area contributed by atoms with E-state index in [0.29, 0.717) is 12.2 Å². The number of allylic oxidation sites excluding steroid dienone is 1. The van der Waals surface area contributed by atoms with Gasteiger partial charge in [0.05, 0.1) is 12.2 Å². The Bertz CT molecular complexity index is 304. The van der Waals surface area contributed by atoms with Crippen LogP contribution in [0.2, 0.25) is 0 Å². The van der Waals surface area contributed by atoms with E-state index < -0.39 is 0 Å². The average Bonchev–Trinajstić information content (AvgIpc) is 2.30. The van der Waals surface area contributed by atoms with Crippen LogP contribution in [0.3, 0.4) is 0 Å². The molecule has 0 heterocycles. The van der Waals surface area contributed by atoms with Crippen molar-refractivity contribution in [1.29, 1.82) is 0 Å². The summed E-state index contributed by atoms with van der Waals surface area (Å²) in [5.74, 6) is -0.241. The Morgan fingerprint density at radius 2 is 2.00 bits per heavy atom. The first-order chi connectivity index (χ1) is 7.34. The van der Waals surface area contributed by atoms with Crippen LogP contribution in [-0.4, -0.2) is 12.6 Å². The first kappa shape index (κ1) is 11.5. The number of benzene rings is 1. The maximum absolute atomic E-state index is 11.4. The lowest BCUT2D eigenvalue weighted by Gasteiger charge is -2.03. The Kier molecular flexibility index (Phi) is 5.23. The van der Waals surface area contributed by atoms with E-state index in [-0.39, 0.29) is 5.97 Å². The quantitative estimate of drug-likeness (QED) is 0.404. The molecule has 0 unspecified atom stereocenters. The summed E-state index contributed by atoms with van der Waals surface area (Å²) in [6.45, 7) is 4.12. The van der Waals surface area contributed by atoms with Crippen LogP contribution in [0.5, 0.6) is 0 Å². The van der Waals surface area contributed by atoms with Gasteiger partial charge in [0.1, 0.15) is 0 Å². The second-order valence-electron chi connectivity index (χ2n) is 3.29. The third kappa shape index (κ3) is 4.45. The third-order valence-corrected chi connectivity index (χ3v) is 2.05. The van der Waals surface area contributed by atoms with Gasteiger partial charge >= 0.3 is 5.97 Å². The SMILES string of the molecule is C=CCCCCOC(=O)c1ccccc1. The van der Waals surface area contributed by atoms with Crippen molar-refractivity contribution in [3.63, 3.8) is 0 Å². The van der Waals surface area contributed by atoms with E-state index in [9.17, 15) is 4.79 Å². The number of rotatable bonds is 6. The van der Waals surface area contributed by atoms with E-state index in [1.54, 1.807) is 12.1 Å². The lowest BCUT2D eigenvalue weighted by molar-refractivity contribution is 0.0498. The zero-order valence-electron chi connectivity index (χ0n) is 8.82. The smallest absolute Gasteiger partial charge is 0.338 e. The molecule has 2 nitrogen and oxygen atoms in total. The number of esters is 1. The molecule has 0 aromatic heterocycles. The van der Waals surface area contributed by atoms with E-state index in [2.05, 4.69) is 6.58 Å². The van der Waals surface area contributed by atoms with Crippen molar-refractivity contribution in [3.8, 4) is 0 Å². The van der Waals surface area contributed by atoms with Gasteiger partial charge in [-0.1, -0.05) is 24.3 Å². The maximum atomic E-state index is 11.4. The zero-order valence-corrected chi connectivity index (χ0v) is 8.82. The van der Waals surface area contributed by atoms with Crippen LogP contribution in [-0.2, 0) is 4.74 Å². The number of unbranched alkanes of at least 4 members (excludes halogenated alkanes) is 2. The molecule has 0 aliphatic heterocycles. The number of ether oxygens (including phenoxy) is 1. The van der Waals surface area contributed by atoms with Gasteiger partial charge in [0.15, 0.2) is 0 Å². The molecule has 0 N–H and O–H groups in total. The Hall–Kier alpha value is -1.57. The molecular formula is C13H16O2. The number of hydrogen-bond acceptors (Lipinski definition) is 2. The summed E-state index contributed by atoms with van der Waals surface area (Å²) in [5.41, 5.74) is 0.612. The monoisotopic (exact) mass is 204 g/mol. The fraction of sp³-hybridized carbons (Fsp3) is 0.308. The van der Waals surface area contributed by atoms with Crippen LogP contribution >= 0.6 is 0 Å². The fourth-order valence-electron chi connectivity index (χ4n) is 1.21. The molecule has 0 bridgehead atoms. The van der Waals surface area contributed by atoms with E-state index in [4.69, 9.17) is 4.74 Å². The summed E-state index contributed by atoms with van der Waals surface area (Å²) in [4.78, 5) is 11.4. The third-order valence-electron chi connectivity index (χ3n) is 2.05. The molecule has 1 aromatic rings. The molecule has 2 heteroatoms. The van der Waals surface area contributed by atoms with Crippen LogP contribution in [0, 0.1) is 0 Å². The Labute approximate surface area is 90.6 Å². The Morgan fingerprint density at radius 3 is 2.67 bits per heavy atom. The molecule has 0 aliphatic rings. The highest BCUT2D eigenvalue weighted by atomic mass is 16.5. The molecular weight excluding hydrogens is 188 g/mol. The summed E-state index contributed by atoms with van der Waals surface area (Å²) in [7, 11) is 0. The summed E-state index contributed by atoms with van der Waals surface area (Å²) < 4.78 is 5.10. The van der Waals surface area contributed by atoms with Gasteiger partial charge in [0, 0.05) is 0 Å². The molecule has 0 saturated carbocycles. The molecule has 0 aliphatic carbocycles. The number of carbonyl (C=O) groups is 1. The summed E-state index contributed by atoms with van der Waals surface area (Å²) >= 11 is 0. The minimum atomic E-state index is -0.241. The molecule has 0 spiro atoms. The normalized spacial score (nSPS) is 9.60. The van der Waals surface area contributed by atoms with E-state index in [1.807, 2.05) is 24.3 Å². The van der Waals surface area contributed by atoms with Crippen molar-refractivity contribution in [2.75, 3.05) is 6.61 Å². The molecule has 1 aromatic carbocycles. The van der Waals surface area contributed by atoms with Crippen molar-refractivity contribution >= 4 is 5.97 Å². The van der Waals surface area contributed by atoms with E-state index in [0.717, 1.165) is 19.3 Å². The van der Waals surface area contributed by atoms with Gasteiger partial charge in [0.25, 0.3) is 0 Å². The largest absolute Gasteiger partial charge is 0.462 e. The van der Waals surface area contributed by atoms with Crippen LogP contribution < -0.4 is 0 Å². The van der Waals surface area contributed by atoms with Crippen molar-refractivity contribution < 1.29 is 9.53 Å². The zero-order chi connectivity index (χ0) is 10.9. The molecule has 0 fully saturated rings. The first-order valence-electron chi connectivity index (χ1n) is 5.17. The van der Waals surface area contributed by atoms with Crippen LogP contribution in [0.15, 0.2) is 43.0 Å². The predicted molar refractivity (Wildman–Crippen MR) is 60.8 cm³/mol. The lowest BCUT2D eigenvalue weighted by Crippen LogP contribution is -2.05. The molecule has 0 amide bonds. The van der Waals surface area contributed by atoms with Crippen molar-refractivity contribution in [3.05, 3.63) is 48.6 Å². The van der Waals surface area contributed by atoms with Gasteiger partial charge in [-0.3, -0.25) is 0 Å². The Balaban J connectivity index is 2.22. The van der Waals surface area contributed by atoms with Crippen LogP contribution in [0.1, 0.15) is 29.6 Å².